The number of carbonyl (C=O) groups excluding carboxylic acids is 1. The number of urea groups is 1. The molecule has 0 bridgehead atoms. The molecule has 0 aromatic rings. The van der Waals surface area contributed by atoms with Crippen LogP contribution in [0.2, 0.25) is 0 Å². The molecule has 22 heavy (non-hydrogen) atoms. The number of hydrogen-bond acceptors (Lipinski definition) is 4. The first-order valence-electron chi connectivity index (χ1n) is 7.29. The van der Waals surface area contributed by atoms with Gasteiger partial charge in [-0.1, -0.05) is 0 Å². The van der Waals surface area contributed by atoms with E-state index in [4.69, 9.17) is 4.74 Å². The third-order valence-corrected chi connectivity index (χ3v) is 4.02. The average Bonchev–Trinajstić information content (AvgIpc) is 2.38. The number of carbonyl (C=O) groups is 1. The van der Waals surface area contributed by atoms with Gasteiger partial charge in [0.1, 0.15) is 0 Å². The number of hydrogen-bond donors (Lipinski definition) is 2. The number of morpholine rings is 1. The topological polar surface area (TPSA) is 53.6 Å². The van der Waals surface area contributed by atoms with Crippen LogP contribution in [0.3, 0.4) is 0 Å². The second-order valence-corrected chi connectivity index (χ2v) is 6.65. The van der Waals surface area contributed by atoms with Crippen molar-refractivity contribution in [3.63, 3.8) is 0 Å². The highest BCUT2D eigenvalue weighted by Crippen LogP contribution is 2.29. The molecule has 2 amide bonds. The van der Waals surface area contributed by atoms with Crippen LogP contribution in [0, 0.1) is 0 Å². The standard InChI is InChI=1S/C13H24F3N3O2S/c1-9(19-7-10(2)21-11(3)8-19)6-18-12(20)17-4-5-22-13(14,15)16/h9-11H,4-8H2,1-3H3,(H2,17,18,20)/t9-,10+,11+/m0/s1. The Labute approximate surface area is 133 Å². The van der Waals surface area contributed by atoms with Crippen LogP contribution < -0.4 is 10.6 Å². The molecule has 9 heteroatoms. The van der Waals surface area contributed by atoms with Gasteiger partial charge in [-0.05, 0) is 32.5 Å². The van der Waals surface area contributed by atoms with Crippen molar-refractivity contribution in [1.29, 1.82) is 0 Å². The fraction of sp³-hybridized carbons (Fsp3) is 0.923. The Morgan fingerprint density at radius 3 is 2.45 bits per heavy atom. The minimum Gasteiger partial charge on any atom is -0.373 e. The minimum atomic E-state index is -4.25. The second kappa shape index (κ2) is 8.83. The van der Waals surface area contributed by atoms with Crippen LogP contribution in [0.15, 0.2) is 0 Å². The van der Waals surface area contributed by atoms with Crippen molar-refractivity contribution in [1.82, 2.24) is 15.5 Å². The van der Waals surface area contributed by atoms with E-state index in [0.717, 1.165) is 13.1 Å². The van der Waals surface area contributed by atoms with Crippen molar-refractivity contribution in [3.8, 4) is 0 Å². The quantitative estimate of drug-likeness (QED) is 0.725. The third-order valence-electron chi connectivity index (χ3n) is 3.28. The molecule has 0 saturated carbocycles. The van der Waals surface area contributed by atoms with Gasteiger partial charge < -0.3 is 15.4 Å². The lowest BCUT2D eigenvalue weighted by molar-refractivity contribution is -0.0778. The molecule has 1 fully saturated rings. The molecule has 1 rings (SSSR count). The van der Waals surface area contributed by atoms with Crippen LogP contribution in [-0.4, -0.2) is 66.6 Å². The summed E-state index contributed by atoms with van der Waals surface area (Å²) in [6.45, 7) is 8.05. The molecule has 3 atom stereocenters. The first kappa shape index (κ1) is 19.4. The largest absolute Gasteiger partial charge is 0.441 e. The zero-order chi connectivity index (χ0) is 16.8. The van der Waals surface area contributed by atoms with Gasteiger partial charge in [-0.25, -0.2) is 4.79 Å². The summed E-state index contributed by atoms with van der Waals surface area (Å²) in [5.41, 5.74) is -4.25. The highest BCUT2D eigenvalue weighted by molar-refractivity contribution is 8.00. The van der Waals surface area contributed by atoms with Crippen molar-refractivity contribution >= 4 is 17.8 Å². The predicted octanol–water partition coefficient (Wildman–Crippen LogP) is 2.04. The van der Waals surface area contributed by atoms with Crippen molar-refractivity contribution in [3.05, 3.63) is 0 Å². The molecule has 5 nitrogen and oxygen atoms in total. The highest BCUT2D eigenvalue weighted by atomic mass is 32.2. The fourth-order valence-corrected chi connectivity index (χ4v) is 2.78. The smallest absolute Gasteiger partial charge is 0.373 e. The monoisotopic (exact) mass is 343 g/mol. The molecule has 0 radical (unpaired) electrons. The lowest BCUT2D eigenvalue weighted by Crippen LogP contribution is -2.53. The summed E-state index contributed by atoms with van der Waals surface area (Å²) in [6.07, 6.45) is 0.304. The SMILES string of the molecule is C[C@@H]1CN([C@@H](C)CNC(=O)NCCSC(F)(F)F)C[C@@H](C)O1. The number of nitrogens with zero attached hydrogens (tertiary/aromatic N) is 1. The number of rotatable bonds is 6. The first-order chi connectivity index (χ1) is 10.2. The van der Waals surface area contributed by atoms with Crippen LogP contribution in [0.4, 0.5) is 18.0 Å². The number of thioether (sulfide) groups is 1. The Hall–Kier alpha value is -0.670. The number of ether oxygens (including phenoxy) is 1. The summed E-state index contributed by atoms with van der Waals surface area (Å²) in [6, 6.07) is -0.298. The average molecular weight is 343 g/mol. The summed E-state index contributed by atoms with van der Waals surface area (Å²) in [5, 5.41) is 5.10. The maximum atomic E-state index is 11.9. The number of amides is 2. The number of alkyl halides is 3. The van der Waals surface area contributed by atoms with E-state index in [2.05, 4.69) is 15.5 Å². The van der Waals surface area contributed by atoms with Crippen molar-refractivity contribution in [2.75, 3.05) is 31.9 Å². The second-order valence-electron chi connectivity index (χ2n) is 5.49. The maximum absolute atomic E-state index is 11.9. The van der Waals surface area contributed by atoms with Gasteiger partial charge in [0.05, 0.1) is 12.2 Å². The van der Waals surface area contributed by atoms with Gasteiger partial charge in [-0.3, -0.25) is 4.90 Å². The molecular formula is C13H24F3N3O2S. The molecule has 1 aliphatic rings. The summed E-state index contributed by atoms with van der Waals surface area (Å²) in [5.74, 6) is -0.190. The van der Waals surface area contributed by atoms with Crippen LogP contribution in [0.5, 0.6) is 0 Å². The molecule has 1 aliphatic heterocycles. The Morgan fingerprint density at radius 2 is 1.91 bits per heavy atom. The van der Waals surface area contributed by atoms with Gasteiger partial charge in [-0.2, -0.15) is 13.2 Å². The third kappa shape index (κ3) is 8.09. The Balaban J connectivity index is 2.17. The zero-order valence-electron chi connectivity index (χ0n) is 13.1. The molecular weight excluding hydrogens is 319 g/mol. The van der Waals surface area contributed by atoms with Crippen molar-refractivity contribution < 1.29 is 22.7 Å². The predicted molar refractivity (Wildman–Crippen MR) is 81.0 cm³/mol. The molecule has 0 unspecified atom stereocenters. The maximum Gasteiger partial charge on any atom is 0.441 e. The fourth-order valence-electron chi connectivity index (χ4n) is 2.34. The molecule has 0 aromatic carbocycles. The van der Waals surface area contributed by atoms with Crippen LogP contribution in [-0.2, 0) is 4.74 Å². The Morgan fingerprint density at radius 1 is 1.32 bits per heavy atom. The Bertz CT molecular complexity index is 348. The first-order valence-corrected chi connectivity index (χ1v) is 8.28. The van der Waals surface area contributed by atoms with Gasteiger partial charge in [0, 0.05) is 38.0 Å². The van der Waals surface area contributed by atoms with Crippen LogP contribution in [0.25, 0.3) is 0 Å². The van der Waals surface area contributed by atoms with Gasteiger partial charge >= 0.3 is 11.5 Å². The van der Waals surface area contributed by atoms with E-state index in [1.54, 1.807) is 0 Å². The van der Waals surface area contributed by atoms with E-state index in [-0.39, 0.29) is 42.3 Å². The summed E-state index contributed by atoms with van der Waals surface area (Å²) < 4.78 is 41.4. The van der Waals surface area contributed by atoms with E-state index >= 15 is 0 Å². The molecule has 0 spiro atoms. The minimum absolute atomic E-state index is 0.0178. The van der Waals surface area contributed by atoms with E-state index in [1.807, 2.05) is 20.8 Å². The molecule has 2 N–H and O–H groups in total. The Kier molecular flexibility index (Phi) is 7.78. The van der Waals surface area contributed by atoms with Gasteiger partial charge in [0.2, 0.25) is 0 Å². The molecule has 130 valence electrons. The number of halogens is 3. The summed E-state index contributed by atoms with van der Waals surface area (Å²) >= 11 is -0.142. The normalized spacial score (nSPS) is 24.8. The lowest BCUT2D eigenvalue weighted by Gasteiger charge is -2.38. The van der Waals surface area contributed by atoms with Gasteiger partial charge in [0.25, 0.3) is 0 Å². The van der Waals surface area contributed by atoms with E-state index < -0.39 is 11.5 Å². The van der Waals surface area contributed by atoms with Gasteiger partial charge in [0.15, 0.2) is 0 Å². The molecule has 0 aromatic heterocycles. The summed E-state index contributed by atoms with van der Waals surface area (Å²) in [4.78, 5) is 13.8. The van der Waals surface area contributed by atoms with E-state index in [0.29, 0.717) is 6.54 Å². The van der Waals surface area contributed by atoms with E-state index in [1.165, 1.54) is 0 Å². The van der Waals surface area contributed by atoms with Crippen LogP contribution >= 0.6 is 11.8 Å². The van der Waals surface area contributed by atoms with Gasteiger partial charge in [-0.15, -0.1) is 0 Å². The molecule has 0 aliphatic carbocycles. The van der Waals surface area contributed by atoms with Crippen LogP contribution in [0.1, 0.15) is 20.8 Å². The number of nitrogens with one attached hydrogen (secondary N) is 2. The van der Waals surface area contributed by atoms with Crippen molar-refractivity contribution in [2.45, 2.75) is 44.5 Å². The lowest BCUT2D eigenvalue weighted by atomic mass is 10.2. The zero-order valence-corrected chi connectivity index (χ0v) is 13.9. The summed E-state index contributed by atoms with van der Waals surface area (Å²) in [7, 11) is 0. The highest BCUT2D eigenvalue weighted by Gasteiger charge is 2.28. The molecule has 1 heterocycles. The molecule has 1 saturated heterocycles. The van der Waals surface area contributed by atoms with E-state index in [9.17, 15) is 18.0 Å². The van der Waals surface area contributed by atoms with Crippen molar-refractivity contribution in [2.24, 2.45) is 0 Å².